The predicted molar refractivity (Wildman–Crippen MR) is 85.6 cm³/mol. The second kappa shape index (κ2) is 4.86. The van der Waals surface area contributed by atoms with Gasteiger partial charge in [-0.15, -0.1) is 0 Å². The zero-order chi connectivity index (χ0) is 14.3. The van der Waals surface area contributed by atoms with Gasteiger partial charge in [0.25, 0.3) is 0 Å². The number of halogens is 1. The molecule has 0 heterocycles. The van der Waals surface area contributed by atoms with Crippen LogP contribution in [0.5, 0.6) is 0 Å². The zero-order valence-electron chi connectivity index (χ0n) is 11.3. The van der Waals surface area contributed by atoms with Crippen LogP contribution in [-0.2, 0) is 4.79 Å². The first-order chi connectivity index (χ1) is 9.50. The van der Waals surface area contributed by atoms with Crippen LogP contribution in [0, 0.1) is 5.92 Å². The molecular formula is C16H17BrN2O. The van der Waals surface area contributed by atoms with Gasteiger partial charge in [-0.2, -0.15) is 0 Å². The van der Waals surface area contributed by atoms with Crippen LogP contribution in [0.3, 0.4) is 0 Å². The van der Waals surface area contributed by atoms with Crippen molar-refractivity contribution in [1.82, 2.24) is 0 Å². The molecule has 0 bridgehead atoms. The lowest BCUT2D eigenvalue weighted by Gasteiger charge is -2.23. The number of carbonyl (C=O) groups excluding carboxylic acids is 1. The molecule has 0 spiro atoms. The van der Waals surface area contributed by atoms with Crippen LogP contribution in [0.15, 0.2) is 40.9 Å². The van der Waals surface area contributed by atoms with Crippen LogP contribution in [-0.4, -0.2) is 11.4 Å². The van der Waals surface area contributed by atoms with E-state index >= 15 is 0 Å². The van der Waals surface area contributed by atoms with Gasteiger partial charge in [0.1, 0.15) is 0 Å². The van der Waals surface area contributed by atoms with Crippen molar-refractivity contribution in [2.75, 3.05) is 5.32 Å². The van der Waals surface area contributed by atoms with E-state index in [2.05, 4.69) is 21.2 Å². The topological polar surface area (TPSA) is 55.1 Å². The van der Waals surface area contributed by atoms with Crippen molar-refractivity contribution in [3.05, 3.63) is 40.9 Å². The molecule has 104 valence electrons. The van der Waals surface area contributed by atoms with Gasteiger partial charge < -0.3 is 11.1 Å². The first-order valence-corrected chi connectivity index (χ1v) is 7.57. The molecule has 20 heavy (non-hydrogen) atoms. The van der Waals surface area contributed by atoms with E-state index in [1.54, 1.807) is 0 Å². The van der Waals surface area contributed by atoms with Crippen molar-refractivity contribution in [1.29, 1.82) is 0 Å². The molecule has 0 aromatic heterocycles. The molecule has 3 rings (SSSR count). The molecule has 2 aromatic rings. The highest BCUT2D eigenvalue weighted by atomic mass is 79.9. The Kier molecular flexibility index (Phi) is 3.30. The number of fused-ring (bicyclic) bond motifs is 1. The number of anilines is 1. The molecule has 1 aliphatic carbocycles. The quantitative estimate of drug-likeness (QED) is 0.900. The summed E-state index contributed by atoms with van der Waals surface area (Å²) in [6.45, 7) is 1.82. The lowest BCUT2D eigenvalue weighted by Crippen LogP contribution is -2.50. The maximum Gasteiger partial charge on any atom is 0.244 e. The van der Waals surface area contributed by atoms with Gasteiger partial charge in [0, 0.05) is 15.5 Å². The molecule has 1 unspecified atom stereocenters. The van der Waals surface area contributed by atoms with E-state index in [0.717, 1.165) is 33.8 Å². The van der Waals surface area contributed by atoms with Gasteiger partial charge in [-0.3, -0.25) is 4.79 Å². The lowest BCUT2D eigenvalue weighted by molar-refractivity contribution is -0.121. The maximum atomic E-state index is 12.4. The van der Waals surface area contributed by atoms with E-state index in [-0.39, 0.29) is 5.91 Å². The van der Waals surface area contributed by atoms with Gasteiger partial charge in [-0.05, 0) is 43.2 Å². The molecule has 0 saturated heterocycles. The Hall–Kier alpha value is -1.39. The Morgan fingerprint density at radius 1 is 1.25 bits per heavy atom. The van der Waals surface area contributed by atoms with Crippen LogP contribution in [0.2, 0.25) is 0 Å². The normalized spacial score (nSPS) is 17.8. The van der Waals surface area contributed by atoms with Crippen LogP contribution in [0.25, 0.3) is 10.8 Å². The fourth-order valence-corrected chi connectivity index (χ4v) is 2.97. The first-order valence-electron chi connectivity index (χ1n) is 6.77. The van der Waals surface area contributed by atoms with Crippen molar-refractivity contribution in [2.45, 2.75) is 25.3 Å². The van der Waals surface area contributed by atoms with Crippen molar-refractivity contribution >= 4 is 38.3 Å². The summed E-state index contributed by atoms with van der Waals surface area (Å²) >= 11 is 3.53. The summed E-state index contributed by atoms with van der Waals surface area (Å²) in [5.41, 5.74) is 6.19. The van der Waals surface area contributed by atoms with Crippen molar-refractivity contribution in [2.24, 2.45) is 11.7 Å². The predicted octanol–water partition coefficient (Wildman–Crippen LogP) is 3.67. The summed E-state index contributed by atoms with van der Waals surface area (Å²) in [6, 6.07) is 11.8. The van der Waals surface area contributed by atoms with Crippen LogP contribution < -0.4 is 11.1 Å². The zero-order valence-corrected chi connectivity index (χ0v) is 12.9. The first kappa shape index (κ1) is 13.6. The van der Waals surface area contributed by atoms with Gasteiger partial charge in [-0.25, -0.2) is 0 Å². The van der Waals surface area contributed by atoms with E-state index < -0.39 is 5.54 Å². The summed E-state index contributed by atoms with van der Waals surface area (Å²) in [4.78, 5) is 12.4. The summed E-state index contributed by atoms with van der Waals surface area (Å²) in [7, 11) is 0. The van der Waals surface area contributed by atoms with E-state index in [1.807, 2.05) is 43.3 Å². The fraction of sp³-hybridized carbons (Fsp3) is 0.312. The highest BCUT2D eigenvalue weighted by Crippen LogP contribution is 2.39. The average molecular weight is 333 g/mol. The minimum atomic E-state index is -0.784. The molecular weight excluding hydrogens is 316 g/mol. The highest BCUT2D eigenvalue weighted by Gasteiger charge is 2.44. The van der Waals surface area contributed by atoms with Gasteiger partial charge in [-0.1, -0.05) is 40.2 Å². The number of hydrogen-bond donors (Lipinski definition) is 2. The second-order valence-corrected chi connectivity index (χ2v) is 6.51. The van der Waals surface area contributed by atoms with Crippen LogP contribution >= 0.6 is 15.9 Å². The van der Waals surface area contributed by atoms with Crippen molar-refractivity contribution < 1.29 is 4.79 Å². The highest BCUT2D eigenvalue weighted by molar-refractivity contribution is 9.10. The smallest absolute Gasteiger partial charge is 0.244 e. The third kappa shape index (κ3) is 2.34. The van der Waals surface area contributed by atoms with Crippen molar-refractivity contribution in [3.8, 4) is 0 Å². The van der Waals surface area contributed by atoms with Crippen LogP contribution in [0.4, 0.5) is 5.69 Å². The van der Waals surface area contributed by atoms with Gasteiger partial charge >= 0.3 is 0 Å². The molecule has 0 radical (unpaired) electrons. The molecule has 4 heteroatoms. The minimum Gasteiger partial charge on any atom is -0.324 e. The number of amides is 1. The van der Waals surface area contributed by atoms with Gasteiger partial charge in [0.15, 0.2) is 0 Å². The number of rotatable bonds is 3. The minimum absolute atomic E-state index is 0.104. The third-order valence-corrected chi connectivity index (χ3v) is 4.73. The molecule has 1 fully saturated rings. The summed E-state index contributed by atoms with van der Waals surface area (Å²) in [5.74, 6) is 0.205. The number of carbonyl (C=O) groups is 1. The standard InChI is InChI=1S/C16H17BrN2O/c1-16(18,10-6-7-10)15(20)19-14-9-8-13(17)11-4-2-3-5-12(11)14/h2-5,8-10H,6-7,18H2,1H3,(H,19,20). The number of nitrogens with one attached hydrogen (secondary N) is 1. The Labute approximate surface area is 126 Å². The molecule has 3 N–H and O–H groups in total. The number of hydrogen-bond acceptors (Lipinski definition) is 2. The SMILES string of the molecule is CC(N)(C(=O)Nc1ccc(Br)c2ccccc12)C1CC1. The Bertz CT molecular complexity index is 677. The van der Waals surface area contributed by atoms with Crippen molar-refractivity contribution in [3.63, 3.8) is 0 Å². The summed E-state index contributed by atoms with van der Waals surface area (Å²) in [5, 5.41) is 5.08. The molecule has 0 aliphatic heterocycles. The molecule has 1 atom stereocenters. The van der Waals surface area contributed by atoms with Gasteiger partial charge in [0.2, 0.25) is 5.91 Å². The molecule has 1 aliphatic rings. The summed E-state index contributed by atoms with van der Waals surface area (Å²) in [6.07, 6.45) is 2.09. The monoisotopic (exact) mass is 332 g/mol. The Balaban J connectivity index is 1.95. The maximum absolute atomic E-state index is 12.4. The number of benzene rings is 2. The average Bonchev–Trinajstić information content (AvgIpc) is 3.27. The fourth-order valence-electron chi connectivity index (χ4n) is 2.50. The lowest BCUT2D eigenvalue weighted by atomic mass is 9.96. The Morgan fingerprint density at radius 2 is 1.90 bits per heavy atom. The van der Waals surface area contributed by atoms with Gasteiger partial charge in [0.05, 0.1) is 5.54 Å². The van der Waals surface area contributed by atoms with E-state index in [0.29, 0.717) is 5.92 Å². The van der Waals surface area contributed by atoms with Crippen LogP contribution in [0.1, 0.15) is 19.8 Å². The molecule has 3 nitrogen and oxygen atoms in total. The molecule has 1 saturated carbocycles. The Morgan fingerprint density at radius 3 is 2.55 bits per heavy atom. The molecule has 2 aromatic carbocycles. The second-order valence-electron chi connectivity index (χ2n) is 5.65. The summed E-state index contributed by atoms with van der Waals surface area (Å²) < 4.78 is 1.02. The van der Waals surface area contributed by atoms with E-state index in [1.165, 1.54) is 0 Å². The number of nitrogens with two attached hydrogens (primary N) is 1. The third-order valence-electron chi connectivity index (χ3n) is 4.03. The molecule has 1 amide bonds. The largest absolute Gasteiger partial charge is 0.324 e. The van der Waals surface area contributed by atoms with E-state index in [9.17, 15) is 4.79 Å². The van der Waals surface area contributed by atoms with E-state index in [4.69, 9.17) is 5.73 Å².